The maximum Gasteiger partial charge on any atom is 2.00 e. The molecule has 0 aliphatic rings. The Morgan fingerprint density at radius 2 is 1.60 bits per heavy atom. The second-order valence-electron chi connectivity index (χ2n) is 0.289. The van der Waals surface area contributed by atoms with Crippen LogP contribution in [0.1, 0.15) is 6.92 Å². The summed E-state index contributed by atoms with van der Waals surface area (Å²) in [5, 5.41) is 0. The van der Waals surface area contributed by atoms with E-state index in [1.54, 1.807) is 0 Å². The topological polar surface area (TPSA) is 0 Å². The van der Waals surface area contributed by atoms with Crippen molar-refractivity contribution < 1.29 is 40.1 Å². The SMILES string of the molecule is CC[S-].[Cl-].[Hg+2]. The van der Waals surface area contributed by atoms with Crippen LogP contribution in [0.5, 0.6) is 0 Å². The molecular weight excluding hydrogens is 292 g/mol. The van der Waals surface area contributed by atoms with Crippen molar-refractivity contribution >= 4 is 12.6 Å². The Balaban J connectivity index is -0.0000000200. The van der Waals surface area contributed by atoms with Gasteiger partial charge in [0.1, 0.15) is 0 Å². The molecule has 0 radical (unpaired) electrons. The van der Waals surface area contributed by atoms with E-state index in [9.17, 15) is 0 Å². The second kappa shape index (κ2) is 17.6. The smallest absolute Gasteiger partial charge is 1.00 e. The van der Waals surface area contributed by atoms with Crippen molar-refractivity contribution in [3.05, 3.63) is 0 Å². The Labute approximate surface area is 65.0 Å². The van der Waals surface area contributed by atoms with Crippen molar-refractivity contribution in [3.63, 3.8) is 0 Å². The molecule has 0 nitrogen and oxygen atoms in total. The largest absolute Gasteiger partial charge is 2.00 e. The maximum absolute atomic E-state index is 4.39. The van der Waals surface area contributed by atoms with Crippen molar-refractivity contribution in [2.24, 2.45) is 0 Å². The molecule has 0 heterocycles. The summed E-state index contributed by atoms with van der Waals surface area (Å²) in [5.74, 6) is 0.833. The Bertz CT molecular complexity index is 9.61. The minimum absolute atomic E-state index is 0. The molecule has 0 aromatic carbocycles. The van der Waals surface area contributed by atoms with Gasteiger partial charge in [-0.2, -0.15) is 5.75 Å². The molecule has 0 atom stereocenters. The minimum Gasteiger partial charge on any atom is -1.00 e. The summed E-state index contributed by atoms with van der Waals surface area (Å²) in [7, 11) is 0. The first-order chi connectivity index (χ1) is 1.41. The van der Waals surface area contributed by atoms with Crippen LogP contribution >= 0.6 is 0 Å². The molecule has 0 amide bonds. The Hall–Kier alpha value is 1.58. The Kier molecular flexibility index (Phi) is 56.3. The molecule has 0 saturated carbocycles. The van der Waals surface area contributed by atoms with Crippen molar-refractivity contribution in [1.82, 2.24) is 0 Å². The minimum atomic E-state index is 0. The summed E-state index contributed by atoms with van der Waals surface area (Å²) in [6, 6.07) is 0. The quantitative estimate of drug-likeness (QED) is 0.353. The van der Waals surface area contributed by atoms with Crippen LogP contribution in [0.4, 0.5) is 0 Å². The van der Waals surface area contributed by atoms with Gasteiger partial charge in [0.05, 0.1) is 0 Å². The molecule has 0 aliphatic heterocycles. The van der Waals surface area contributed by atoms with Gasteiger partial charge < -0.3 is 25.0 Å². The van der Waals surface area contributed by atoms with Crippen LogP contribution in [0.3, 0.4) is 0 Å². The van der Waals surface area contributed by atoms with Gasteiger partial charge in [-0.25, -0.2) is 0 Å². The van der Waals surface area contributed by atoms with Gasteiger partial charge in [-0.1, -0.05) is 6.92 Å². The summed E-state index contributed by atoms with van der Waals surface area (Å²) in [5.41, 5.74) is 0. The van der Waals surface area contributed by atoms with Gasteiger partial charge in [0, 0.05) is 0 Å². The number of hydrogen-bond acceptors (Lipinski definition) is 1. The van der Waals surface area contributed by atoms with Crippen LogP contribution in [0, 0.1) is 0 Å². The molecule has 0 unspecified atom stereocenters. The third-order valence-corrected chi connectivity index (χ3v) is 0. The van der Waals surface area contributed by atoms with E-state index in [1.165, 1.54) is 0 Å². The molecule has 0 aromatic rings. The number of hydrogen-bond donors (Lipinski definition) is 0. The predicted octanol–water partition coefficient (Wildman–Crippen LogP) is -2.45. The van der Waals surface area contributed by atoms with Crippen molar-refractivity contribution in [1.29, 1.82) is 0 Å². The third-order valence-electron chi connectivity index (χ3n) is 0. The summed E-state index contributed by atoms with van der Waals surface area (Å²) < 4.78 is 0. The third kappa shape index (κ3) is 28.7. The fourth-order valence-electron chi connectivity index (χ4n) is 0. The van der Waals surface area contributed by atoms with E-state index >= 15 is 0 Å². The van der Waals surface area contributed by atoms with Crippen LogP contribution < -0.4 is 12.4 Å². The van der Waals surface area contributed by atoms with Crippen molar-refractivity contribution in [2.45, 2.75) is 6.92 Å². The molecule has 3 heteroatoms. The van der Waals surface area contributed by atoms with Crippen LogP contribution in [0.15, 0.2) is 0 Å². The van der Waals surface area contributed by atoms with E-state index in [0.29, 0.717) is 0 Å². The number of rotatable bonds is 0. The first-order valence-corrected chi connectivity index (χ1v) is 1.57. The van der Waals surface area contributed by atoms with E-state index in [-0.39, 0.29) is 40.1 Å². The zero-order valence-corrected chi connectivity index (χ0v) is 10.3. The van der Waals surface area contributed by atoms with Crippen LogP contribution in [0.2, 0.25) is 0 Å². The van der Waals surface area contributed by atoms with Gasteiger partial charge in [0.2, 0.25) is 0 Å². The summed E-state index contributed by atoms with van der Waals surface area (Å²) in [6.07, 6.45) is 0. The molecule has 0 aliphatic carbocycles. The first-order valence-electron chi connectivity index (χ1n) is 0.996. The molecule has 0 bridgehead atoms. The molecule has 0 saturated heterocycles. The average molecular weight is 297 g/mol. The normalized spacial score (nSPS) is 3.60. The van der Waals surface area contributed by atoms with E-state index in [2.05, 4.69) is 12.6 Å². The van der Waals surface area contributed by atoms with Gasteiger partial charge in [-0.05, 0) is 0 Å². The average Bonchev–Trinajstić information content (AvgIpc) is 0.918. The van der Waals surface area contributed by atoms with Gasteiger partial charge >= 0.3 is 27.7 Å². The van der Waals surface area contributed by atoms with Gasteiger partial charge in [-0.15, -0.1) is 0 Å². The van der Waals surface area contributed by atoms with Gasteiger partial charge in [0.15, 0.2) is 0 Å². The fourth-order valence-corrected chi connectivity index (χ4v) is 0. The van der Waals surface area contributed by atoms with Crippen LogP contribution in [-0.4, -0.2) is 5.75 Å². The zero-order valence-electron chi connectivity index (χ0n) is 3.20. The second-order valence-corrected chi connectivity index (χ2v) is 0.866. The summed E-state index contributed by atoms with van der Waals surface area (Å²) in [6.45, 7) is 1.94. The van der Waals surface area contributed by atoms with Crippen LogP contribution in [0.25, 0.3) is 0 Å². The number of halogens is 1. The fraction of sp³-hybridized carbons (Fsp3) is 1.00. The molecule has 5 heavy (non-hydrogen) atoms. The molecule has 0 spiro atoms. The first kappa shape index (κ1) is 16.0. The van der Waals surface area contributed by atoms with Crippen molar-refractivity contribution in [3.8, 4) is 0 Å². The van der Waals surface area contributed by atoms with Crippen molar-refractivity contribution in [2.75, 3.05) is 5.75 Å². The zero-order chi connectivity index (χ0) is 2.71. The molecule has 0 rings (SSSR count). The molecular formula is C2H5ClHgS. The molecule has 0 N–H and O–H groups in total. The maximum atomic E-state index is 4.39. The molecule has 28 valence electrons. The van der Waals surface area contributed by atoms with E-state index < -0.39 is 0 Å². The van der Waals surface area contributed by atoms with E-state index in [0.717, 1.165) is 5.75 Å². The van der Waals surface area contributed by atoms with E-state index in [1.807, 2.05) is 6.92 Å². The van der Waals surface area contributed by atoms with Gasteiger partial charge in [0.25, 0.3) is 0 Å². The molecule has 0 fully saturated rings. The van der Waals surface area contributed by atoms with E-state index in [4.69, 9.17) is 0 Å². The monoisotopic (exact) mass is 298 g/mol. The predicted molar refractivity (Wildman–Crippen MR) is 17.9 cm³/mol. The standard InChI is InChI=1S/C2H6S.ClH.Hg/c1-2-3;;/h3H,2H2,1H3;1H;/q;;+2/p-2. The summed E-state index contributed by atoms with van der Waals surface area (Å²) >= 11 is 4.39. The Morgan fingerprint density at radius 3 is 1.60 bits per heavy atom. The van der Waals surface area contributed by atoms with Crippen LogP contribution in [-0.2, 0) is 40.3 Å². The molecule has 0 aromatic heterocycles. The Morgan fingerprint density at radius 1 is 1.60 bits per heavy atom. The summed E-state index contributed by atoms with van der Waals surface area (Å²) in [4.78, 5) is 0. The van der Waals surface area contributed by atoms with Gasteiger partial charge in [-0.3, -0.25) is 0 Å².